The maximum absolute atomic E-state index is 13.6. The van der Waals surface area contributed by atoms with Crippen LogP contribution in [-0.2, 0) is 4.74 Å². The maximum Gasteiger partial charge on any atom is 0.412 e. The molecular formula is C17H15ClFN5O3. The second-order valence-electron chi connectivity index (χ2n) is 5.66. The van der Waals surface area contributed by atoms with E-state index in [1.807, 2.05) is 0 Å². The van der Waals surface area contributed by atoms with Gasteiger partial charge in [-0.3, -0.25) is 10.1 Å². The van der Waals surface area contributed by atoms with Crippen LogP contribution in [0.5, 0.6) is 0 Å². The van der Waals surface area contributed by atoms with E-state index in [4.69, 9.17) is 11.6 Å². The van der Waals surface area contributed by atoms with Crippen LogP contribution in [-0.4, -0.2) is 28.2 Å². The Bertz CT molecular complexity index is 1070. The van der Waals surface area contributed by atoms with Crippen LogP contribution in [0.2, 0.25) is 5.02 Å². The molecule has 0 aliphatic carbocycles. The topological polar surface area (TPSA) is 109 Å². The van der Waals surface area contributed by atoms with E-state index in [-0.39, 0.29) is 22.3 Å². The van der Waals surface area contributed by atoms with Crippen molar-refractivity contribution in [2.75, 3.05) is 17.7 Å². The molecule has 3 N–H and O–H groups in total. The predicted molar refractivity (Wildman–Crippen MR) is 99.6 cm³/mol. The molecule has 0 saturated heterocycles. The number of benzene rings is 1. The molecule has 3 aromatic rings. The minimum atomic E-state index is -0.664. The SMILES string of the molecule is COC(=O)Nc1ccnc(N[C@@H](C)c2cc3cc(Cl)c(F)cc3[nH]c2=O)n1. The van der Waals surface area contributed by atoms with Gasteiger partial charge in [0.15, 0.2) is 0 Å². The molecule has 0 radical (unpaired) electrons. The molecule has 0 spiro atoms. The van der Waals surface area contributed by atoms with E-state index >= 15 is 0 Å². The minimum absolute atomic E-state index is 0.0361. The third-order valence-electron chi connectivity index (χ3n) is 3.80. The number of aromatic nitrogens is 3. The lowest BCUT2D eigenvalue weighted by molar-refractivity contribution is 0.187. The molecule has 0 unspecified atom stereocenters. The smallest absolute Gasteiger partial charge is 0.412 e. The van der Waals surface area contributed by atoms with Gasteiger partial charge in [0.1, 0.15) is 11.6 Å². The van der Waals surface area contributed by atoms with Crippen LogP contribution in [0.4, 0.5) is 21.0 Å². The van der Waals surface area contributed by atoms with Crippen molar-refractivity contribution in [2.24, 2.45) is 0 Å². The fraction of sp³-hybridized carbons (Fsp3) is 0.176. The number of carbonyl (C=O) groups is 1. The highest BCUT2D eigenvalue weighted by molar-refractivity contribution is 6.31. The van der Waals surface area contributed by atoms with Gasteiger partial charge in [-0.1, -0.05) is 11.6 Å². The second kappa shape index (κ2) is 7.58. The third-order valence-corrected chi connectivity index (χ3v) is 4.09. The largest absolute Gasteiger partial charge is 0.453 e. The Morgan fingerprint density at radius 3 is 2.89 bits per heavy atom. The van der Waals surface area contributed by atoms with Crippen LogP contribution in [0.25, 0.3) is 10.9 Å². The molecule has 2 aromatic heterocycles. The molecule has 0 saturated carbocycles. The fourth-order valence-electron chi connectivity index (χ4n) is 2.46. The van der Waals surface area contributed by atoms with Gasteiger partial charge in [0.2, 0.25) is 5.95 Å². The zero-order valence-electron chi connectivity index (χ0n) is 14.3. The predicted octanol–water partition coefficient (Wildman–Crippen LogP) is 3.46. The fourth-order valence-corrected chi connectivity index (χ4v) is 2.64. The number of nitrogens with zero attached hydrogens (tertiary/aromatic N) is 2. The van der Waals surface area contributed by atoms with E-state index in [1.54, 1.807) is 13.0 Å². The number of hydrogen-bond donors (Lipinski definition) is 3. The highest BCUT2D eigenvalue weighted by Crippen LogP contribution is 2.23. The standard InChI is InChI=1S/C17H15ClFN5O3/c1-8(21-16-20-4-3-14(23-16)24-17(26)27-2)10-5-9-6-11(18)12(19)7-13(9)22-15(10)25/h3-8H,1-2H3,(H,22,25)(H2,20,21,23,24,26)/t8-/m0/s1. The van der Waals surface area contributed by atoms with Gasteiger partial charge in [0.05, 0.1) is 23.7 Å². The molecule has 140 valence electrons. The van der Waals surface area contributed by atoms with Gasteiger partial charge in [0, 0.05) is 17.1 Å². The monoisotopic (exact) mass is 391 g/mol. The molecule has 8 nitrogen and oxygen atoms in total. The summed E-state index contributed by atoms with van der Waals surface area (Å²) in [4.78, 5) is 34.4. The van der Waals surface area contributed by atoms with Crippen molar-refractivity contribution in [2.45, 2.75) is 13.0 Å². The van der Waals surface area contributed by atoms with E-state index < -0.39 is 18.0 Å². The number of methoxy groups -OCH3 is 1. The van der Waals surface area contributed by atoms with Crippen molar-refractivity contribution in [1.29, 1.82) is 0 Å². The van der Waals surface area contributed by atoms with Crippen LogP contribution in [0.3, 0.4) is 0 Å². The van der Waals surface area contributed by atoms with Gasteiger partial charge in [-0.15, -0.1) is 0 Å². The van der Waals surface area contributed by atoms with E-state index in [9.17, 15) is 14.0 Å². The number of aromatic amines is 1. The van der Waals surface area contributed by atoms with Crippen LogP contribution in [0.15, 0.2) is 35.3 Å². The highest BCUT2D eigenvalue weighted by Gasteiger charge is 2.14. The van der Waals surface area contributed by atoms with Gasteiger partial charge >= 0.3 is 6.09 Å². The number of nitrogens with one attached hydrogen (secondary N) is 3. The molecule has 0 aliphatic heterocycles. The van der Waals surface area contributed by atoms with Crippen molar-refractivity contribution < 1.29 is 13.9 Å². The summed E-state index contributed by atoms with van der Waals surface area (Å²) in [6.07, 6.45) is 0.781. The lowest BCUT2D eigenvalue weighted by atomic mass is 10.1. The summed E-state index contributed by atoms with van der Waals surface area (Å²) in [7, 11) is 1.24. The molecule has 1 amide bonds. The van der Waals surface area contributed by atoms with Crippen LogP contribution < -0.4 is 16.2 Å². The molecule has 0 fully saturated rings. The maximum atomic E-state index is 13.6. The first kappa shape index (κ1) is 18.6. The quantitative estimate of drug-likeness (QED) is 0.628. The van der Waals surface area contributed by atoms with Gasteiger partial charge in [-0.25, -0.2) is 14.2 Å². The summed E-state index contributed by atoms with van der Waals surface area (Å²) < 4.78 is 18.1. The summed E-state index contributed by atoms with van der Waals surface area (Å²) in [5.41, 5.74) is 0.353. The van der Waals surface area contributed by atoms with Gasteiger partial charge in [-0.2, -0.15) is 4.98 Å². The average molecular weight is 392 g/mol. The number of H-pyrrole nitrogens is 1. The summed E-state index contributed by atoms with van der Waals surface area (Å²) in [5.74, 6) is -0.170. The van der Waals surface area contributed by atoms with Gasteiger partial charge in [0.25, 0.3) is 5.56 Å². The number of fused-ring (bicyclic) bond motifs is 1. The zero-order valence-corrected chi connectivity index (χ0v) is 15.1. The molecule has 27 heavy (non-hydrogen) atoms. The Morgan fingerprint density at radius 2 is 2.15 bits per heavy atom. The van der Waals surface area contributed by atoms with Gasteiger partial charge < -0.3 is 15.0 Å². The molecule has 1 aromatic carbocycles. The number of halogens is 2. The first-order valence-corrected chi connectivity index (χ1v) is 8.21. The number of carbonyl (C=O) groups excluding carboxylic acids is 1. The van der Waals surface area contributed by atoms with E-state index in [0.717, 1.165) is 0 Å². The number of amides is 1. The Balaban J connectivity index is 1.88. The van der Waals surface area contributed by atoms with E-state index in [1.165, 1.54) is 31.5 Å². The molecular weight excluding hydrogens is 377 g/mol. The van der Waals surface area contributed by atoms with Crippen LogP contribution in [0.1, 0.15) is 18.5 Å². The van der Waals surface area contributed by atoms with Crippen LogP contribution in [0, 0.1) is 5.82 Å². The Hall–Kier alpha value is -3.20. The van der Waals surface area contributed by atoms with Crippen molar-refractivity contribution in [3.63, 3.8) is 0 Å². The molecule has 2 heterocycles. The van der Waals surface area contributed by atoms with Crippen molar-refractivity contribution in [1.82, 2.24) is 15.0 Å². The number of rotatable bonds is 4. The molecule has 0 aliphatic rings. The first-order chi connectivity index (χ1) is 12.9. The lowest BCUT2D eigenvalue weighted by Gasteiger charge is -2.14. The molecule has 10 heteroatoms. The number of ether oxygens (including phenoxy) is 1. The lowest BCUT2D eigenvalue weighted by Crippen LogP contribution is -2.20. The molecule has 0 bridgehead atoms. The number of hydrogen-bond acceptors (Lipinski definition) is 6. The number of anilines is 2. The third kappa shape index (κ3) is 4.14. The van der Waals surface area contributed by atoms with Crippen molar-refractivity contribution in [3.05, 3.63) is 57.2 Å². The van der Waals surface area contributed by atoms with Crippen LogP contribution >= 0.6 is 11.6 Å². The second-order valence-corrected chi connectivity index (χ2v) is 6.06. The average Bonchev–Trinajstić information content (AvgIpc) is 2.62. The van der Waals surface area contributed by atoms with Crippen molar-refractivity contribution >= 4 is 40.4 Å². The molecule has 3 rings (SSSR count). The summed E-state index contributed by atoms with van der Waals surface area (Å²) >= 11 is 5.81. The van der Waals surface area contributed by atoms with E-state index in [0.29, 0.717) is 16.5 Å². The zero-order chi connectivity index (χ0) is 19.6. The minimum Gasteiger partial charge on any atom is -0.453 e. The summed E-state index contributed by atoms with van der Waals surface area (Å²) in [6, 6.07) is 5.25. The summed E-state index contributed by atoms with van der Waals surface area (Å²) in [6.45, 7) is 1.74. The summed E-state index contributed by atoms with van der Waals surface area (Å²) in [5, 5.41) is 5.96. The number of pyridine rings is 1. The molecule has 1 atom stereocenters. The normalized spacial score (nSPS) is 11.9. The van der Waals surface area contributed by atoms with Crippen molar-refractivity contribution in [3.8, 4) is 0 Å². The Morgan fingerprint density at radius 1 is 1.37 bits per heavy atom. The van der Waals surface area contributed by atoms with E-state index in [2.05, 4.69) is 30.3 Å². The highest BCUT2D eigenvalue weighted by atomic mass is 35.5. The Kier molecular flexibility index (Phi) is 5.22. The first-order valence-electron chi connectivity index (χ1n) is 7.84. The Labute approximate surface area is 157 Å². The van der Waals surface area contributed by atoms with Gasteiger partial charge in [-0.05, 0) is 31.2 Å².